The van der Waals surface area contributed by atoms with Crippen LogP contribution in [0, 0.1) is 0 Å². The minimum atomic E-state index is -0.420. The molecule has 1 heterocycles. The Kier molecular flexibility index (Phi) is 7.98. The maximum absolute atomic E-state index is 12.8. The van der Waals surface area contributed by atoms with Crippen molar-refractivity contribution >= 4 is 28.2 Å². The topological polar surface area (TPSA) is 59.8 Å². The van der Waals surface area contributed by atoms with Crippen molar-refractivity contribution in [1.29, 1.82) is 0 Å². The van der Waals surface area contributed by atoms with Crippen molar-refractivity contribution in [2.45, 2.75) is 20.8 Å². The molecule has 0 aliphatic rings. The first-order valence-electron chi connectivity index (χ1n) is 10.6. The first kappa shape index (κ1) is 22.7. The van der Waals surface area contributed by atoms with Crippen LogP contribution in [0.1, 0.15) is 31.1 Å². The Bertz CT molecular complexity index is 1010. The summed E-state index contributed by atoms with van der Waals surface area (Å²) in [4.78, 5) is 26.5. The summed E-state index contributed by atoms with van der Waals surface area (Å²) in [5, 5.41) is 5.38. The highest BCUT2D eigenvalue weighted by Crippen LogP contribution is 2.37. The van der Waals surface area contributed by atoms with Gasteiger partial charge in [0.15, 0.2) is 6.54 Å². The van der Waals surface area contributed by atoms with Crippen LogP contribution in [-0.2, 0) is 9.53 Å². The van der Waals surface area contributed by atoms with Gasteiger partial charge in [0, 0.05) is 10.9 Å². The second-order valence-electron chi connectivity index (χ2n) is 7.20. The van der Waals surface area contributed by atoms with Crippen molar-refractivity contribution in [3.8, 4) is 22.3 Å². The molecule has 2 aromatic carbocycles. The van der Waals surface area contributed by atoms with E-state index in [0.717, 1.165) is 35.3 Å². The number of hydrogen-bond donors (Lipinski definition) is 2. The number of thiophene rings is 1. The van der Waals surface area contributed by atoms with Gasteiger partial charge in [-0.3, -0.25) is 4.79 Å². The van der Waals surface area contributed by atoms with Gasteiger partial charge in [0.05, 0.1) is 19.7 Å². The van der Waals surface area contributed by atoms with Crippen LogP contribution in [0.4, 0.5) is 5.00 Å². The summed E-state index contributed by atoms with van der Waals surface area (Å²) in [7, 11) is 0. The molecular formula is C25H29N2O3S+. The number of anilines is 1. The van der Waals surface area contributed by atoms with Gasteiger partial charge in [-0.05, 0) is 37.5 Å². The van der Waals surface area contributed by atoms with Crippen LogP contribution < -0.4 is 10.2 Å². The maximum Gasteiger partial charge on any atom is 0.341 e. The van der Waals surface area contributed by atoms with Crippen LogP contribution in [-0.4, -0.2) is 38.1 Å². The number of hydrogen-bond acceptors (Lipinski definition) is 4. The zero-order valence-corrected chi connectivity index (χ0v) is 19.1. The van der Waals surface area contributed by atoms with Crippen LogP contribution in [0.3, 0.4) is 0 Å². The average molecular weight is 438 g/mol. The Morgan fingerprint density at radius 3 is 2.13 bits per heavy atom. The molecule has 3 aromatic rings. The third-order valence-electron chi connectivity index (χ3n) is 5.24. The highest BCUT2D eigenvalue weighted by atomic mass is 32.1. The summed E-state index contributed by atoms with van der Waals surface area (Å²) >= 11 is 1.35. The van der Waals surface area contributed by atoms with Crippen molar-refractivity contribution in [2.24, 2.45) is 0 Å². The summed E-state index contributed by atoms with van der Waals surface area (Å²) in [5.41, 5.74) is 4.34. The molecule has 0 radical (unpaired) electrons. The molecule has 5 nitrogen and oxygen atoms in total. The van der Waals surface area contributed by atoms with Crippen LogP contribution >= 0.6 is 11.3 Å². The van der Waals surface area contributed by atoms with E-state index in [-0.39, 0.29) is 12.5 Å². The molecule has 0 saturated carbocycles. The van der Waals surface area contributed by atoms with Crippen molar-refractivity contribution in [3.63, 3.8) is 0 Å². The number of nitrogens with one attached hydrogen (secondary N) is 2. The molecule has 162 valence electrons. The maximum atomic E-state index is 12.8. The number of benzene rings is 2. The fraction of sp³-hybridized carbons (Fsp3) is 0.280. The monoisotopic (exact) mass is 437 g/mol. The minimum absolute atomic E-state index is 0.0999. The fourth-order valence-corrected chi connectivity index (χ4v) is 4.41. The number of likely N-dealkylation sites (N-methyl/N-ethyl adjacent to an activating group) is 1. The minimum Gasteiger partial charge on any atom is -0.462 e. The van der Waals surface area contributed by atoms with E-state index in [1.165, 1.54) is 16.2 Å². The quantitative estimate of drug-likeness (QED) is 0.495. The summed E-state index contributed by atoms with van der Waals surface area (Å²) in [6.07, 6.45) is 0. The Labute approximate surface area is 187 Å². The fourth-order valence-electron chi connectivity index (χ4n) is 3.44. The Morgan fingerprint density at radius 2 is 1.52 bits per heavy atom. The summed E-state index contributed by atoms with van der Waals surface area (Å²) in [6.45, 7) is 8.28. The molecule has 0 bridgehead atoms. The number of esters is 1. The predicted octanol–water partition coefficient (Wildman–Crippen LogP) is 4.12. The lowest BCUT2D eigenvalue weighted by Gasteiger charge is -2.15. The number of carbonyl (C=O) groups is 2. The van der Waals surface area contributed by atoms with E-state index >= 15 is 0 Å². The standard InChI is InChI=1S/C25H28N2O3S/c1-4-27(5-2)16-22(28)26-24-23(25(29)30-6-3)21(17-31-24)20-14-12-19(13-15-20)18-10-8-7-9-11-18/h7-15,17H,4-6,16H2,1-3H3,(H,26,28)/p+1. The third-order valence-corrected chi connectivity index (χ3v) is 6.13. The number of quaternary nitrogens is 1. The smallest absolute Gasteiger partial charge is 0.341 e. The lowest BCUT2D eigenvalue weighted by atomic mass is 9.99. The molecule has 1 amide bonds. The second-order valence-corrected chi connectivity index (χ2v) is 8.08. The Morgan fingerprint density at radius 1 is 0.903 bits per heavy atom. The number of rotatable bonds is 9. The molecular weight excluding hydrogens is 408 g/mol. The van der Waals surface area contributed by atoms with Crippen LogP contribution in [0.25, 0.3) is 22.3 Å². The van der Waals surface area contributed by atoms with Crippen molar-refractivity contribution in [2.75, 3.05) is 31.6 Å². The van der Waals surface area contributed by atoms with Crippen molar-refractivity contribution in [3.05, 3.63) is 65.5 Å². The van der Waals surface area contributed by atoms with Gasteiger partial charge in [0.1, 0.15) is 10.6 Å². The first-order valence-corrected chi connectivity index (χ1v) is 11.5. The molecule has 1 aromatic heterocycles. The van der Waals surface area contributed by atoms with Gasteiger partial charge >= 0.3 is 5.97 Å². The highest BCUT2D eigenvalue weighted by Gasteiger charge is 2.23. The zero-order valence-electron chi connectivity index (χ0n) is 18.2. The lowest BCUT2D eigenvalue weighted by molar-refractivity contribution is -0.888. The van der Waals surface area contributed by atoms with E-state index < -0.39 is 5.97 Å². The van der Waals surface area contributed by atoms with E-state index in [1.807, 2.05) is 47.8 Å². The molecule has 3 rings (SSSR count). The van der Waals surface area contributed by atoms with E-state index in [9.17, 15) is 9.59 Å². The lowest BCUT2D eigenvalue weighted by Crippen LogP contribution is -3.12. The van der Waals surface area contributed by atoms with Crippen molar-refractivity contribution < 1.29 is 19.2 Å². The normalized spacial score (nSPS) is 10.8. The van der Waals surface area contributed by atoms with E-state index in [2.05, 4.69) is 31.3 Å². The summed E-state index contributed by atoms with van der Waals surface area (Å²) in [6, 6.07) is 18.2. The summed E-state index contributed by atoms with van der Waals surface area (Å²) < 4.78 is 5.30. The number of ether oxygens (including phenoxy) is 1. The molecule has 0 atom stereocenters. The molecule has 31 heavy (non-hydrogen) atoms. The Hall–Kier alpha value is -2.96. The van der Waals surface area contributed by atoms with Gasteiger partial charge in [0.25, 0.3) is 5.91 Å². The zero-order chi connectivity index (χ0) is 22.2. The van der Waals surface area contributed by atoms with Crippen LogP contribution in [0.15, 0.2) is 60.0 Å². The van der Waals surface area contributed by atoms with Gasteiger partial charge < -0.3 is 15.0 Å². The third kappa shape index (κ3) is 5.60. The van der Waals surface area contributed by atoms with Crippen LogP contribution in [0.5, 0.6) is 0 Å². The largest absolute Gasteiger partial charge is 0.462 e. The molecule has 0 fully saturated rings. The molecule has 6 heteroatoms. The summed E-state index contributed by atoms with van der Waals surface area (Å²) in [5.74, 6) is -0.520. The molecule has 0 aliphatic carbocycles. The van der Waals surface area contributed by atoms with Gasteiger partial charge in [-0.1, -0.05) is 54.6 Å². The van der Waals surface area contributed by atoms with E-state index in [0.29, 0.717) is 17.1 Å². The average Bonchev–Trinajstić information content (AvgIpc) is 3.21. The first-order chi connectivity index (χ1) is 15.1. The van der Waals surface area contributed by atoms with Crippen molar-refractivity contribution in [1.82, 2.24) is 0 Å². The predicted molar refractivity (Wildman–Crippen MR) is 127 cm³/mol. The SMILES string of the molecule is CCOC(=O)c1c(-c2ccc(-c3ccccc3)cc2)csc1NC(=O)C[NH+](CC)CC. The van der Waals surface area contributed by atoms with Crippen LogP contribution in [0.2, 0.25) is 0 Å². The number of amides is 1. The van der Waals surface area contributed by atoms with E-state index in [4.69, 9.17) is 4.74 Å². The van der Waals surface area contributed by atoms with Gasteiger partial charge in [0.2, 0.25) is 0 Å². The molecule has 0 spiro atoms. The van der Waals surface area contributed by atoms with Gasteiger partial charge in [-0.15, -0.1) is 11.3 Å². The van der Waals surface area contributed by atoms with E-state index in [1.54, 1.807) is 6.92 Å². The number of carbonyl (C=O) groups excluding carboxylic acids is 2. The highest BCUT2D eigenvalue weighted by molar-refractivity contribution is 7.15. The molecule has 0 unspecified atom stereocenters. The van der Waals surface area contributed by atoms with Gasteiger partial charge in [-0.2, -0.15) is 0 Å². The second kappa shape index (κ2) is 10.9. The van der Waals surface area contributed by atoms with Gasteiger partial charge in [-0.25, -0.2) is 4.79 Å². The Balaban J connectivity index is 1.90. The molecule has 2 N–H and O–H groups in total. The molecule has 0 aliphatic heterocycles. The molecule has 0 saturated heterocycles.